The van der Waals surface area contributed by atoms with Gasteiger partial charge in [0.15, 0.2) is 0 Å². The summed E-state index contributed by atoms with van der Waals surface area (Å²) in [7, 11) is 0. The average Bonchev–Trinajstić information content (AvgIpc) is 2.38. The molecule has 0 radical (unpaired) electrons. The molecule has 0 saturated heterocycles. The lowest BCUT2D eigenvalue weighted by Crippen LogP contribution is -2.05. The number of nitrogens with two attached hydrogens (primary N) is 2. The van der Waals surface area contributed by atoms with Crippen molar-refractivity contribution in [2.24, 2.45) is 0 Å². The molecule has 0 bridgehead atoms. The van der Waals surface area contributed by atoms with Gasteiger partial charge in [0.05, 0.1) is 13.2 Å². The summed E-state index contributed by atoms with van der Waals surface area (Å²) >= 11 is 0. The van der Waals surface area contributed by atoms with Crippen LogP contribution in [0, 0.1) is 0 Å². The molecule has 2 rings (SSSR count). The van der Waals surface area contributed by atoms with Gasteiger partial charge in [-0.05, 0) is 24.3 Å². The van der Waals surface area contributed by atoms with Gasteiger partial charge in [0.2, 0.25) is 0 Å². The van der Waals surface area contributed by atoms with Crippen LogP contribution in [0.5, 0.6) is 11.5 Å². The summed E-state index contributed by atoms with van der Waals surface area (Å²) in [5, 5.41) is 0. The monoisotopic (exact) mass is 258 g/mol. The molecule has 0 fully saturated rings. The van der Waals surface area contributed by atoms with E-state index in [1.165, 1.54) is 0 Å². The van der Waals surface area contributed by atoms with E-state index < -0.39 is 0 Å². The number of rotatable bonds is 6. The van der Waals surface area contributed by atoms with Gasteiger partial charge in [0, 0.05) is 29.9 Å². The molecular formula is C15H18N2O2. The summed E-state index contributed by atoms with van der Waals surface area (Å²) in [5.41, 5.74) is 12.7. The molecular weight excluding hydrogens is 240 g/mol. The highest BCUT2D eigenvalue weighted by molar-refractivity contribution is 5.44. The molecule has 2 aromatic rings. The number of nitrogen functional groups attached to an aromatic ring is 2. The molecule has 0 aliphatic carbocycles. The zero-order chi connectivity index (χ0) is 13.5. The number of benzene rings is 2. The second-order valence-corrected chi connectivity index (χ2v) is 4.20. The summed E-state index contributed by atoms with van der Waals surface area (Å²) in [6.07, 6.45) is 0.795. The van der Waals surface area contributed by atoms with Crippen LogP contribution in [0.3, 0.4) is 0 Å². The predicted molar refractivity (Wildman–Crippen MR) is 77.3 cm³/mol. The van der Waals surface area contributed by atoms with Crippen LogP contribution in [0.2, 0.25) is 0 Å². The first-order valence-electron chi connectivity index (χ1n) is 6.21. The van der Waals surface area contributed by atoms with Crippen molar-refractivity contribution in [1.82, 2.24) is 0 Å². The van der Waals surface area contributed by atoms with Gasteiger partial charge in [-0.1, -0.05) is 12.1 Å². The normalized spacial score (nSPS) is 10.1. The first kappa shape index (κ1) is 13.1. The summed E-state index contributed by atoms with van der Waals surface area (Å²) in [6, 6.07) is 14.8. The smallest absolute Gasteiger partial charge is 0.121 e. The predicted octanol–water partition coefficient (Wildman–Crippen LogP) is 2.70. The van der Waals surface area contributed by atoms with Gasteiger partial charge in [0.1, 0.15) is 11.5 Å². The molecule has 0 aliphatic rings. The van der Waals surface area contributed by atoms with Gasteiger partial charge >= 0.3 is 0 Å². The van der Waals surface area contributed by atoms with E-state index in [2.05, 4.69) is 0 Å². The highest BCUT2D eigenvalue weighted by Crippen LogP contribution is 2.16. The van der Waals surface area contributed by atoms with Gasteiger partial charge < -0.3 is 20.9 Å². The minimum Gasteiger partial charge on any atom is -0.493 e. The van der Waals surface area contributed by atoms with Crippen molar-refractivity contribution in [2.45, 2.75) is 6.42 Å². The molecule has 0 unspecified atom stereocenters. The Labute approximate surface area is 112 Å². The zero-order valence-corrected chi connectivity index (χ0v) is 10.7. The second kappa shape index (κ2) is 6.54. The number of ether oxygens (including phenoxy) is 2. The van der Waals surface area contributed by atoms with Gasteiger partial charge in [-0.25, -0.2) is 0 Å². The maximum atomic E-state index is 5.66. The van der Waals surface area contributed by atoms with Gasteiger partial charge in [-0.2, -0.15) is 0 Å². The minimum absolute atomic E-state index is 0.589. The number of anilines is 2. The Hall–Kier alpha value is -2.36. The molecule has 0 aliphatic heterocycles. The van der Waals surface area contributed by atoms with Crippen molar-refractivity contribution in [2.75, 3.05) is 24.7 Å². The zero-order valence-electron chi connectivity index (χ0n) is 10.7. The fourth-order valence-electron chi connectivity index (χ4n) is 1.65. The second-order valence-electron chi connectivity index (χ2n) is 4.20. The Morgan fingerprint density at radius 1 is 0.737 bits per heavy atom. The molecule has 4 nitrogen and oxygen atoms in total. The third-order valence-corrected chi connectivity index (χ3v) is 2.54. The summed E-state index contributed by atoms with van der Waals surface area (Å²) < 4.78 is 11.1. The highest BCUT2D eigenvalue weighted by Gasteiger charge is 1.96. The summed E-state index contributed by atoms with van der Waals surface area (Å²) in [4.78, 5) is 0. The van der Waals surface area contributed by atoms with Gasteiger partial charge in [-0.3, -0.25) is 0 Å². The van der Waals surface area contributed by atoms with Crippen LogP contribution in [0.4, 0.5) is 11.4 Å². The Kier molecular flexibility index (Phi) is 4.50. The Morgan fingerprint density at radius 3 is 1.63 bits per heavy atom. The molecule has 0 heterocycles. The topological polar surface area (TPSA) is 70.5 Å². The Balaban J connectivity index is 1.67. The standard InChI is InChI=1S/C15H18N2O2/c16-12-4-1-6-14(10-12)18-8-3-9-19-15-7-2-5-13(17)11-15/h1-2,4-7,10-11H,3,8-9,16-17H2. The summed E-state index contributed by atoms with van der Waals surface area (Å²) in [5.74, 6) is 1.56. The first-order valence-corrected chi connectivity index (χ1v) is 6.21. The molecule has 2 aromatic carbocycles. The van der Waals surface area contributed by atoms with E-state index in [9.17, 15) is 0 Å². The van der Waals surface area contributed by atoms with Crippen molar-refractivity contribution < 1.29 is 9.47 Å². The number of hydrogen-bond donors (Lipinski definition) is 2. The lowest BCUT2D eigenvalue weighted by molar-refractivity contribution is 0.247. The third kappa shape index (κ3) is 4.43. The average molecular weight is 258 g/mol. The van der Waals surface area contributed by atoms with Crippen LogP contribution < -0.4 is 20.9 Å². The van der Waals surface area contributed by atoms with Crippen LogP contribution in [0.15, 0.2) is 48.5 Å². The van der Waals surface area contributed by atoms with Crippen LogP contribution in [0.25, 0.3) is 0 Å². The van der Waals surface area contributed by atoms with E-state index in [0.29, 0.717) is 24.6 Å². The SMILES string of the molecule is Nc1cccc(OCCCOc2cccc(N)c2)c1. The van der Waals surface area contributed by atoms with E-state index in [1.807, 2.05) is 36.4 Å². The lowest BCUT2D eigenvalue weighted by Gasteiger charge is -2.08. The fourth-order valence-corrected chi connectivity index (χ4v) is 1.65. The molecule has 4 heteroatoms. The quantitative estimate of drug-likeness (QED) is 0.617. The van der Waals surface area contributed by atoms with Crippen molar-refractivity contribution in [1.29, 1.82) is 0 Å². The van der Waals surface area contributed by atoms with Crippen LogP contribution in [-0.4, -0.2) is 13.2 Å². The van der Waals surface area contributed by atoms with Crippen LogP contribution in [0.1, 0.15) is 6.42 Å². The molecule has 0 aromatic heterocycles. The molecule has 4 N–H and O–H groups in total. The van der Waals surface area contributed by atoms with Crippen LogP contribution in [-0.2, 0) is 0 Å². The molecule has 0 amide bonds. The number of hydrogen-bond acceptors (Lipinski definition) is 4. The first-order chi connectivity index (χ1) is 9.24. The van der Waals surface area contributed by atoms with Crippen molar-refractivity contribution in [3.63, 3.8) is 0 Å². The van der Waals surface area contributed by atoms with E-state index in [-0.39, 0.29) is 0 Å². The highest BCUT2D eigenvalue weighted by atomic mass is 16.5. The molecule has 0 atom stereocenters. The van der Waals surface area contributed by atoms with Gasteiger partial charge in [0.25, 0.3) is 0 Å². The van der Waals surface area contributed by atoms with Crippen molar-refractivity contribution in [3.8, 4) is 11.5 Å². The van der Waals surface area contributed by atoms with E-state index in [1.54, 1.807) is 12.1 Å². The molecule has 0 spiro atoms. The Morgan fingerprint density at radius 2 is 1.21 bits per heavy atom. The minimum atomic E-state index is 0.589. The van der Waals surface area contributed by atoms with Gasteiger partial charge in [-0.15, -0.1) is 0 Å². The maximum Gasteiger partial charge on any atom is 0.121 e. The van der Waals surface area contributed by atoms with E-state index in [4.69, 9.17) is 20.9 Å². The van der Waals surface area contributed by atoms with E-state index in [0.717, 1.165) is 17.9 Å². The largest absolute Gasteiger partial charge is 0.493 e. The molecule has 100 valence electrons. The van der Waals surface area contributed by atoms with Crippen LogP contribution >= 0.6 is 0 Å². The Bertz CT molecular complexity index is 482. The maximum absolute atomic E-state index is 5.66. The lowest BCUT2D eigenvalue weighted by atomic mass is 10.3. The van der Waals surface area contributed by atoms with E-state index >= 15 is 0 Å². The fraction of sp³-hybridized carbons (Fsp3) is 0.200. The summed E-state index contributed by atoms with van der Waals surface area (Å²) in [6.45, 7) is 1.18. The third-order valence-electron chi connectivity index (χ3n) is 2.54. The molecule has 0 saturated carbocycles. The van der Waals surface area contributed by atoms with Crippen molar-refractivity contribution >= 4 is 11.4 Å². The molecule has 19 heavy (non-hydrogen) atoms. The van der Waals surface area contributed by atoms with Crippen molar-refractivity contribution in [3.05, 3.63) is 48.5 Å².